The Morgan fingerprint density at radius 2 is 1.97 bits per heavy atom. The van der Waals surface area contributed by atoms with Gasteiger partial charge in [0.05, 0.1) is 23.1 Å². The molecule has 1 aliphatic rings. The average molecular weight is 452 g/mol. The summed E-state index contributed by atoms with van der Waals surface area (Å²) in [5.41, 5.74) is 0.990. The molecule has 0 N–H and O–H groups in total. The van der Waals surface area contributed by atoms with Crippen molar-refractivity contribution in [2.24, 2.45) is 5.92 Å². The van der Waals surface area contributed by atoms with Crippen molar-refractivity contribution in [1.82, 2.24) is 14.7 Å². The van der Waals surface area contributed by atoms with Gasteiger partial charge in [-0.25, -0.2) is 4.68 Å². The summed E-state index contributed by atoms with van der Waals surface area (Å²) in [6.07, 6.45) is 1.03. The van der Waals surface area contributed by atoms with E-state index in [1.54, 1.807) is 49.1 Å². The van der Waals surface area contributed by atoms with Crippen molar-refractivity contribution in [3.05, 3.63) is 64.0 Å². The number of carbonyl (C=O) groups excluding carboxylic acids is 2. The van der Waals surface area contributed by atoms with E-state index in [1.165, 1.54) is 16.8 Å². The number of rotatable bonds is 6. The van der Waals surface area contributed by atoms with E-state index in [4.69, 9.17) is 9.15 Å². The predicted molar refractivity (Wildman–Crippen MR) is 118 cm³/mol. The lowest BCUT2D eigenvalue weighted by Gasteiger charge is -2.30. The maximum Gasteiger partial charge on any atom is 0.309 e. The van der Waals surface area contributed by atoms with Crippen LogP contribution in [0.25, 0.3) is 17.1 Å². The van der Waals surface area contributed by atoms with Gasteiger partial charge in [0.2, 0.25) is 0 Å². The number of nitro groups is 1. The molecule has 3 aromatic rings. The molecule has 4 rings (SSSR count). The Bertz CT molecular complexity index is 1190. The van der Waals surface area contributed by atoms with Gasteiger partial charge in [0.25, 0.3) is 11.6 Å². The second-order valence-electron chi connectivity index (χ2n) is 7.83. The highest BCUT2D eigenvalue weighted by Crippen LogP contribution is 2.27. The Morgan fingerprint density at radius 1 is 1.21 bits per heavy atom. The van der Waals surface area contributed by atoms with Gasteiger partial charge in [0.1, 0.15) is 17.1 Å². The number of hydrogen-bond donors (Lipinski definition) is 0. The van der Waals surface area contributed by atoms with Crippen molar-refractivity contribution in [3.8, 4) is 17.1 Å². The second kappa shape index (κ2) is 9.27. The van der Waals surface area contributed by atoms with Crippen molar-refractivity contribution in [2.75, 3.05) is 19.7 Å². The van der Waals surface area contributed by atoms with E-state index in [1.807, 2.05) is 0 Å². The summed E-state index contributed by atoms with van der Waals surface area (Å²) < 4.78 is 12.2. The van der Waals surface area contributed by atoms with E-state index in [0.29, 0.717) is 55.4 Å². The summed E-state index contributed by atoms with van der Waals surface area (Å²) >= 11 is 0. The van der Waals surface area contributed by atoms with Gasteiger partial charge in [0.15, 0.2) is 5.76 Å². The summed E-state index contributed by atoms with van der Waals surface area (Å²) in [4.78, 5) is 37.9. The highest BCUT2D eigenvalue weighted by Gasteiger charge is 2.31. The normalized spacial score (nSPS) is 14.3. The summed E-state index contributed by atoms with van der Waals surface area (Å²) in [7, 11) is 0. The van der Waals surface area contributed by atoms with Crippen molar-refractivity contribution < 1.29 is 23.7 Å². The van der Waals surface area contributed by atoms with Crippen LogP contribution in [0, 0.1) is 23.0 Å². The molecule has 1 saturated heterocycles. The molecule has 3 heterocycles. The van der Waals surface area contributed by atoms with Crippen LogP contribution in [0.15, 0.2) is 46.9 Å². The van der Waals surface area contributed by atoms with Crippen LogP contribution in [-0.2, 0) is 9.53 Å². The Kier molecular flexibility index (Phi) is 6.25. The van der Waals surface area contributed by atoms with E-state index in [2.05, 4.69) is 5.10 Å². The van der Waals surface area contributed by atoms with Crippen LogP contribution in [-0.4, -0.2) is 51.2 Å². The van der Waals surface area contributed by atoms with Crippen LogP contribution in [0.2, 0.25) is 0 Å². The molecule has 0 radical (unpaired) electrons. The molecule has 0 atom stereocenters. The van der Waals surface area contributed by atoms with Crippen molar-refractivity contribution in [2.45, 2.75) is 26.7 Å². The summed E-state index contributed by atoms with van der Waals surface area (Å²) in [6.45, 7) is 4.70. The van der Waals surface area contributed by atoms with Gasteiger partial charge in [-0.3, -0.25) is 19.7 Å². The number of non-ortho nitro benzene ring substituents is 1. The SMILES string of the molecule is CCOC(=O)C1CCN(C(=O)c2cc(-c3ccc(C)o3)nn2-c2cccc([N+](=O)[O-])c2)CC1. The minimum atomic E-state index is -0.495. The fourth-order valence-corrected chi connectivity index (χ4v) is 3.90. The first-order chi connectivity index (χ1) is 15.9. The van der Waals surface area contributed by atoms with Crippen LogP contribution >= 0.6 is 0 Å². The van der Waals surface area contributed by atoms with E-state index >= 15 is 0 Å². The van der Waals surface area contributed by atoms with Crippen molar-refractivity contribution >= 4 is 17.6 Å². The largest absolute Gasteiger partial charge is 0.466 e. The fraction of sp³-hybridized carbons (Fsp3) is 0.348. The Morgan fingerprint density at radius 3 is 2.61 bits per heavy atom. The van der Waals surface area contributed by atoms with E-state index in [9.17, 15) is 19.7 Å². The first-order valence-electron chi connectivity index (χ1n) is 10.7. The van der Waals surface area contributed by atoms with Crippen molar-refractivity contribution in [1.29, 1.82) is 0 Å². The third-order valence-electron chi connectivity index (χ3n) is 5.61. The highest BCUT2D eigenvalue weighted by atomic mass is 16.6. The molecular formula is C23H24N4O6. The van der Waals surface area contributed by atoms with Crippen LogP contribution in [0.3, 0.4) is 0 Å². The molecule has 2 aromatic heterocycles. The highest BCUT2D eigenvalue weighted by molar-refractivity contribution is 5.94. The zero-order chi connectivity index (χ0) is 23.5. The molecular weight excluding hydrogens is 428 g/mol. The molecule has 1 aromatic carbocycles. The molecule has 0 unspecified atom stereocenters. The Labute approximate surface area is 189 Å². The Balaban J connectivity index is 1.66. The molecule has 10 nitrogen and oxygen atoms in total. The van der Waals surface area contributed by atoms with Gasteiger partial charge < -0.3 is 14.1 Å². The number of aromatic nitrogens is 2. The first-order valence-corrected chi connectivity index (χ1v) is 10.7. The molecule has 1 aliphatic heterocycles. The molecule has 1 amide bonds. The number of carbonyl (C=O) groups is 2. The smallest absolute Gasteiger partial charge is 0.309 e. The molecule has 10 heteroatoms. The standard InChI is InChI=1S/C23H24N4O6/c1-3-32-23(29)16-9-11-25(12-10-16)22(28)20-14-19(21-8-7-15(2)33-21)24-26(20)17-5-4-6-18(13-17)27(30)31/h4-8,13-14,16H,3,9-12H2,1-2H3. The predicted octanol–water partition coefficient (Wildman–Crippen LogP) is 3.76. The number of ether oxygens (including phenoxy) is 1. The van der Waals surface area contributed by atoms with Crippen LogP contribution < -0.4 is 0 Å². The summed E-state index contributed by atoms with van der Waals surface area (Å²) in [6, 6.07) is 11.1. The summed E-state index contributed by atoms with van der Waals surface area (Å²) in [5, 5.41) is 15.8. The second-order valence-corrected chi connectivity index (χ2v) is 7.83. The number of furan rings is 1. The number of nitro benzene ring substituents is 1. The van der Waals surface area contributed by atoms with Gasteiger partial charge in [-0.15, -0.1) is 0 Å². The molecule has 172 valence electrons. The molecule has 33 heavy (non-hydrogen) atoms. The van der Waals surface area contributed by atoms with E-state index in [-0.39, 0.29) is 29.2 Å². The molecule has 0 aliphatic carbocycles. The van der Waals surface area contributed by atoms with Gasteiger partial charge in [-0.1, -0.05) is 6.07 Å². The van der Waals surface area contributed by atoms with E-state index < -0.39 is 4.92 Å². The average Bonchev–Trinajstić information content (AvgIpc) is 3.45. The maximum atomic E-state index is 13.4. The molecule has 0 bridgehead atoms. The Hall–Kier alpha value is -3.95. The molecule has 0 saturated carbocycles. The third-order valence-corrected chi connectivity index (χ3v) is 5.61. The number of likely N-dealkylation sites (tertiary alicyclic amines) is 1. The minimum Gasteiger partial charge on any atom is -0.466 e. The number of esters is 1. The quantitative estimate of drug-likeness (QED) is 0.317. The molecule has 1 fully saturated rings. The van der Waals surface area contributed by atoms with Crippen LogP contribution in [0.1, 0.15) is 36.0 Å². The topological polar surface area (TPSA) is 121 Å². The lowest BCUT2D eigenvalue weighted by molar-refractivity contribution is -0.384. The van der Waals surface area contributed by atoms with E-state index in [0.717, 1.165) is 0 Å². The number of nitrogens with zero attached hydrogens (tertiary/aromatic N) is 4. The number of benzene rings is 1. The monoisotopic (exact) mass is 452 g/mol. The molecule has 0 spiro atoms. The van der Waals surface area contributed by atoms with Gasteiger partial charge in [-0.2, -0.15) is 5.10 Å². The lowest BCUT2D eigenvalue weighted by Crippen LogP contribution is -2.41. The number of hydrogen-bond acceptors (Lipinski definition) is 7. The zero-order valence-electron chi connectivity index (χ0n) is 18.4. The maximum absolute atomic E-state index is 13.4. The fourth-order valence-electron chi connectivity index (χ4n) is 3.90. The number of amides is 1. The zero-order valence-corrected chi connectivity index (χ0v) is 18.4. The first kappa shape index (κ1) is 22.3. The minimum absolute atomic E-state index is 0.105. The number of piperidine rings is 1. The number of aryl methyl sites for hydroxylation is 1. The lowest BCUT2D eigenvalue weighted by atomic mass is 9.97. The van der Waals surface area contributed by atoms with Gasteiger partial charge >= 0.3 is 5.97 Å². The van der Waals surface area contributed by atoms with Crippen LogP contribution in [0.4, 0.5) is 5.69 Å². The van der Waals surface area contributed by atoms with Gasteiger partial charge in [-0.05, 0) is 44.9 Å². The van der Waals surface area contributed by atoms with Crippen molar-refractivity contribution in [3.63, 3.8) is 0 Å². The van der Waals surface area contributed by atoms with Crippen LogP contribution in [0.5, 0.6) is 0 Å². The van der Waals surface area contributed by atoms with Gasteiger partial charge in [0, 0.05) is 31.3 Å². The third kappa shape index (κ3) is 4.64. The summed E-state index contributed by atoms with van der Waals surface area (Å²) in [5.74, 6) is 0.459.